The minimum absolute atomic E-state index is 0.148. The molecule has 0 aromatic heterocycles. The van der Waals surface area contributed by atoms with E-state index in [9.17, 15) is 4.39 Å². The molecule has 1 aliphatic carbocycles. The normalized spacial score (nSPS) is 24.1. The van der Waals surface area contributed by atoms with Crippen molar-refractivity contribution in [2.75, 3.05) is 6.54 Å². The lowest BCUT2D eigenvalue weighted by molar-refractivity contribution is 0.381. The van der Waals surface area contributed by atoms with E-state index in [2.05, 4.69) is 12.2 Å². The summed E-state index contributed by atoms with van der Waals surface area (Å²) < 4.78 is 12.8. The summed E-state index contributed by atoms with van der Waals surface area (Å²) in [5, 5.41) is 4.30. The van der Waals surface area contributed by atoms with Crippen LogP contribution in [-0.2, 0) is 0 Å². The lowest BCUT2D eigenvalue weighted by Crippen LogP contribution is -2.35. The Labute approximate surface area is 114 Å². The van der Waals surface area contributed by atoms with Crippen LogP contribution in [0.3, 0.4) is 0 Å². The van der Waals surface area contributed by atoms with E-state index < -0.39 is 0 Å². The first kappa shape index (κ1) is 13.9. The second-order valence-corrected chi connectivity index (χ2v) is 6.39. The minimum atomic E-state index is -0.148. The molecule has 0 saturated heterocycles. The van der Waals surface area contributed by atoms with Gasteiger partial charge in [-0.05, 0) is 56.5 Å². The Hall–Kier alpha value is -0.540. The van der Waals surface area contributed by atoms with Crippen molar-refractivity contribution in [3.63, 3.8) is 0 Å². The SMILES string of the molecule is CCCNC1CCCC(Sc2ccc(F)cc2)C1. The van der Waals surface area contributed by atoms with Gasteiger partial charge in [0, 0.05) is 16.2 Å². The third-order valence-corrected chi connectivity index (χ3v) is 4.73. The monoisotopic (exact) mass is 267 g/mol. The average molecular weight is 267 g/mol. The molecule has 1 saturated carbocycles. The smallest absolute Gasteiger partial charge is 0.123 e. The number of hydrogen-bond donors (Lipinski definition) is 1. The predicted molar refractivity (Wildman–Crippen MR) is 76.6 cm³/mol. The Morgan fingerprint density at radius 2 is 2.06 bits per heavy atom. The summed E-state index contributed by atoms with van der Waals surface area (Å²) in [7, 11) is 0. The van der Waals surface area contributed by atoms with Crippen LogP contribution in [0.15, 0.2) is 29.2 Å². The van der Waals surface area contributed by atoms with Gasteiger partial charge in [0.15, 0.2) is 0 Å². The zero-order valence-corrected chi connectivity index (χ0v) is 11.8. The lowest BCUT2D eigenvalue weighted by atomic mass is 9.95. The molecule has 100 valence electrons. The fraction of sp³-hybridized carbons (Fsp3) is 0.600. The average Bonchev–Trinajstić information content (AvgIpc) is 2.40. The summed E-state index contributed by atoms with van der Waals surface area (Å²) in [6, 6.07) is 7.57. The highest BCUT2D eigenvalue weighted by Gasteiger charge is 2.22. The first-order valence-corrected chi connectivity index (χ1v) is 7.81. The lowest BCUT2D eigenvalue weighted by Gasteiger charge is -2.29. The van der Waals surface area contributed by atoms with E-state index in [4.69, 9.17) is 0 Å². The first-order valence-electron chi connectivity index (χ1n) is 6.93. The molecule has 1 N–H and O–H groups in total. The second kappa shape index (κ2) is 7.15. The van der Waals surface area contributed by atoms with E-state index in [0.717, 1.165) is 6.54 Å². The van der Waals surface area contributed by atoms with Crippen LogP contribution in [0.2, 0.25) is 0 Å². The molecule has 0 aliphatic heterocycles. The zero-order chi connectivity index (χ0) is 12.8. The van der Waals surface area contributed by atoms with Gasteiger partial charge in [0.2, 0.25) is 0 Å². The molecule has 1 aliphatic rings. The van der Waals surface area contributed by atoms with Gasteiger partial charge in [0.25, 0.3) is 0 Å². The number of nitrogens with one attached hydrogen (secondary N) is 1. The van der Waals surface area contributed by atoms with Crippen LogP contribution >= 0.6 is 11.8 Å². The molecule has 1 fully saturated rings. The Morgan fingerprint density at radius 3 is 2.78 bits per heavy atom. The molecule has 2 unspecified atom stereocenters. The van der Waals surface area contributed by atoms with Crippen LogP contribution in [0, 0.1) is 5.82 Å². The van der Waals surface area contributed by atoms with Crippen LogP contribution in [0.25, 0.3) is 0 Å². The van der Waals surface area contributed by atoms with Gasteiger partial charge in [-0.2, -0.15) is 0 Å². The summed E-state index contributed by atoms with van der Waals surface area (Å²) in [5.41, 5.74) is 0. The molecular formula is C15H22FNS. The summed E-state index contributed by atoms with van der Waals surface area (Å²) >= 11 is 1.90. The summed E-state index contributed by atoms with van der Waals surface area (Å²) in [6.07, 6.45) is 6.33. The van der Waals surface area contributed by atoms with E-state index in [1.807, 2.05) is 23.9 Å². The maximum absolute atomic E-state index is 12.8. The third kappa shape index (κ3) is 4.29. The van der Waals surface area contributed by atoms with Crippen molar-refractivity contribution in [3.05, 3.63) is 30.1 Å². The molecule has 0 amide bonds. The maximum Gasteiger partial charge on any atom is 0.123 e. The largest absolute Gasteiger partial charge is 0.314 e. The van der Waals surface area contributed by atoms with E-state index in [0.29, 0.717) is 11.3 Å². The molecule has 18 heavy (non-hydrogen) atoms. The highest BCUT2D eigenvalue weighted by atomic mass is 32.2. The van der Waals surface area contributed by atoms with Crippen molar-refractivity contribution in [2.45, 2.75) is 55.2 Å². The molecule has 1 nitrogen and oxygen atoms in total. The number of rotatable bonds is 5. The fourth-order valence-corrected chi connectivity index (χ4v) is 3.78. The topological polar surface area (TPSA) is 12.0 Å². The second-order valence-electron chi connectivity index (χ2n) is 5.01. The predicted octanol–water partition coefficient (Wildman–Crippen LogP) is 4.23. The highest BCUT2D eigenvalue weighted by molar-refractivity contribution is 8.00. The summed E-state index contributed by atoms with van der Waals surface area (Å²) in [4.78, 5) is 1.19. The highest BCUT2D eigenvalue weighted by Crippen LogP contribution is 2.33. The summed E-state index contributed by atoms with van der Waals surface area (Å²) in [5.74, 6) is -0.148. The van der Waals surface area contributed by atoms with Crippen LogP contribution < -0.4 is 5.32 Å². The summed E-state index contributed by atoms with van der Waals surface area (Å²) in [6.45, 7) is 3.33. The van der Waals surface area contributed by atoms with Crippen LogP contribution in [0.5, 0.6) is 0 Å². The number of hydrogen-bond acceptors (Lipinski definition) is 2. The van der Waals surface area contributed by atoms with Gasteiger partial charge in [0.05, 0.1) is 0 Å². The van der Waals surface area contributed by atoms with E-state index in [-0.39, 0.29) is 5.82 Å². The van der Waals surface area contributed by atoms with Crippen molar-refractivity contribution >= 4 is 11.8 Å². The molecule has 3 heteroatoms. The molecule has 1 aromatic carbocycles. The van der Waals surface area contributed by atoms with E-state index in [1.165, 1.54) is 37.0 Å². The van der Waals surface area contributed by atoms with E-state index >= 15 is 0 Å². The van der Waals surface area contributed by atoms with Crippen molar-refractivity contribution in [1.82, 2.24) is 5.32 Å². The Morgan fingerprint density at radius 1 is 1.28 bits per heavy atom. The number of halogens is 1. The van der Waals surface area contributed by atoms with Gasteiger partial charge in [-0.25, -0.2) is 4.39 Å². The van der Waals surface area contributed by atoms with Crippen molar-refractivity contribution in [3.8, 4) is 0 Å². The Bertz CT molecular complexity index is 352. The van der Waals surface area contributed by atoms with Gasteiger partial charge in [-0.3, -0.25) is 0 Å². The molecule has 0 heterocycles. The van der Waals surface area contributed by atoms with Gasteiger partial charge in [0.1, 0.15) is 5.82 Å². The third-order valence-electron chi connectivity index (χ3n) is 3.43. The molecule has 0 radical (unpaired) electrons. The van der Waals surface area contributed by atoms with Gasteiger partial charge in [-0.15, -0.1) is 11.8 Å². The zero-order valence-electron chi connectivity index (χ0n) is 11.0. The molecular weight excluding hydrogens is 245 g/mol. The van der Waals surface area contributed by atoms with Crippen molar-refractivity contribution in [2.24, 2.45) is 0 Å². The molecule has 2 rings (SSSR count). The van der Waals surface area contributed by atoms with Gasteiger partial charge >= 0.3 is 0 Å². The number of benzene rings is 1. The van der Waals surface area contributed by atoms with Crippen molar-refractivity contribution in [1.29, 1.82) is 0 Å². The molecule has 0 bridgehead atoms. The standard InChI is InChI=1S/C15H22FNS/c1-2-10-17-13-4-3-5-15(11-13)18-14-8-6-12(16)7-9-14/h6-9,13,15,17H,2-5,10-11H2,1H3. The molecule has 2 atom stereocenters. The quantitative estimate of drug-likeness (QED) is 0.857. The van der Waals surface area contributed by atoms with Crippen LogP contribution in [0.1, 0.15) is 39.0 Å². The first-order chi connectivity index (χ1) is 8.78. The minimum Gasteiger partial charge on any atom is -0.314 e. The molecule has 1 aromatic rings. The van der Waals surface area contributed by atoms with E-state index in [1.54, 1.807) is 12.1 Å². The van der Waals surface area contributed by atoms with Gasteiger partial charge in [-0.1, -0.05) is 13.3 Å². The maximum atomic E-state index is 12.8. The Kier molecular flexibility index (Phi) is 5.51. The fourth-order valence-electron chi connectivity index (χ4n) is 2.49. The van der Waals surface area contributed by atoms with Crippen molar-refractivity contribution < 1.29 is 4.39 Å². The molecule has 0 spiro atoms. The van der Waals surface area contributed by atoms with Crippen LogP contribution in [-0.4, -0.2) is 17.8 Å². The Balaban J connectivity index is 1.83. The van der Waals surface area contributed by atoms with Gasteiger partial charge < -0.3 is 5.32 Å². The van der Waals surface area contributed by atoms with Crippen LogP contribution in [0.4, 0.5) is 4.39 Å². The number of thioether (sulfide) groups is 1.